The van der Waals surface area contributed by atoms with Gasteiger partial charge in [-0.15, -0.1) is 0 Å². The van der Waals surface area contributed by atoms with Crippen LogP contribution in [0.3, 0.4) is 0 Å². The maximum Gasteiger partial charge on any atom is 0.128 e. The molecule has 0 aliphatic heterocycles. The minimum atomic E-state index is -0.190. The lowest BCUT2D eigenvalue weighted by molar-refractivity contribution is 0.416. The van der Waals surface area contributed by atoms with Crippen molar-refractivity contribution in [1.82, 2.24) is 9.97 Å². The van der Waals surface area contributed by atoms with E-state index in [-0.39, 0.29) is 5.92 Å². The van der Waals surface area contributed by atoms with Crippen LogP contribution in [0.15, 0.2) is 24.4 Å². The molecular formula is C15H17N3O. The minimum Gasteiger partial charge on any atom is -0.496 e. The van der Waals surface area contributed by atoms with E-state index < -0.39 is 0 Å². The standard InChI is InChI=1S/C15H17N3O/c1-4-11(8-16)15-17-9-13(18-15)12-7-10(2)5-6-14(12)19-3/h5-7,9,11H,4H2,1-3H3,(H,17,18). The first-order valence-electron chi connectivity index (χ1n) is 6.29. The highest BCUT2D eigenvalue weighted by Crippen LogP contribution is 2.30. The number of aryl methyl sites for hydroxylation is 1. The van der Waals surface area contributed by atoms with Crippen molar-refractivity contribution >= 4 is 0 Å². The monoisotopic (exact) mass is 255 g/mol. The summed E-state index contributed by atoms with van der Waals surface area (Å²) >= 11 is 0. The maximum atomic E-state index is 9.07. The predicted octanol–water partition coefficient (Wildman–Crippen LogP) is 3.41. The van der Waals surface area contributed by atoms with Gasteiger partial charge >= 0.3 is 0 Å². The third-order valence-electron chi connectivity index (χ3n) is 3.13. The van der Waals surface area contributed by atoms with Crippen molar-refractivity contribution in [1.29, 1.82) is 5.26 Å². The second kappa shape index (κ2) is 5.57. The number of nitriles is 1. The van der Waals surface area contributed by atoms with Crippen LogP contribution in [0.25, 0.3) is 11.3 Å². The van der Waals surface area contributed by atoms with Crippen molar-refractivity contribution in [3.63, 3.8) is 0 Å². The zero-order valence-corrected chi connectivity index (χ0v) is 11.4. The summed E-state index contributed by atoms with van der Waals surface area (Å²) in [4.78, 5) is 7.53. The van der Waals surface area contributed by atoms with Crippen molar-refractivity contribution < 1.29 is 4.74 Å². The molecule has 1 heterocycles. The van der Waals surface area contributed by atoms with Crippen LogP contribution >= 0.6 is 0 Å². The van der Waals surface area contributed by atoms with E-state index in [2.05, 4.69) is 16.0 Å². The van der Waals surface area contributed by atoms with Crippen LogP contribution in [-0.4, -0.2) is 17.1 Å². The van der Waals surface area contributed by atoms with Crippen LogP contribution in [0.2, 0.25) is 0 Å². The van der Waals surface area contributed by atoms with Gasteiger partial charge in [0, 0.05) is 5.56 Å². The summed E-state index contributed by atoms with van der Waals surface area (Å²) < 4.78 is 5.36. The Morgan fingerprint density at radius 1 is 1.47 bits per heavy atom. The Kier molecular flexibility index (Phi) is 3.86. The highest BCUT2D eigenvalue weighted by molar-refractivity contribution is 5.67. The highest BCUT2D eigenvalue weighted by Gasteiger charge is 2.14. The predicted molar refractivity (Wildman–Crippen MR) is 74.0 cm³/mol. The Morgan fingerprint density at radius 3 is 2.89 bits per heavy atom. The molecule has 2 rings (SSSR count). The number of nitrogens with zero attached hydrogens (tertiary/aromatic N) is 2. The van der Waals surface area contributed by atoms with E-state index in [9.17, 15) is 0 Å². The lowest BCUT2D eigenvalue weighted by atomic mass is 10.1. The topological polar surface area (TPSA) is 61.7 Å². The summed E-state index contributed by atoms with van der Waals surface area (Å²) in [5, 5.41) is 9.07. The number of hydrogen-bond acceptors (Lipinski definition) is 3. The SMILES string of the molecule is CCC(C#N)c1ncc(-c2cc(C)ccc2OC)[nH]1. The molecule has 19 heavy (non-hydrogen) atoms. The van der Waals surface area contributed by atoms with Crippen molar-refractivity contribution in [2.24, 2.45) is 0 Å². The number of ether oxygens (including phenoxy) is 1. The molecule has 1 aromatic carbocycles. The van der Waals surface area contributed by atoms with Gasteiger partial charge in [-0.05, 0) is 25.5 Å². The Balaban J connectivity index is 2.43. The third-order valence-corrected chi connectivity index (χ3v) is 3.13. The molecule has 0 amide bonds. The van der Waals surface area contributed by atoms with Crippen LogP contribution < -0.4 is 4.74 Å². The molecule has 0 spiro atoms. The smallest absolute Gasteiger partial charge is 0.128 e. The molecule has 0 bridgehead atoms. The Hall–Kier alpha value is -2.28. The average molecular weight is 255 g/mol. The molecule has 0 saturated heterocycles. The zero-order chi connectivity index (χ0) is 13.8. The van der Waals surface area contributed by atoms with Crippen LogP contribution in [0.5, 0.6) is 5.75 Å². The number of imidazole rings is 1. The van der Waals surface area contributed by atoms with Gasteiger partial charge in [-0.1, -0.05) is 18.6 Å². The van der Waals surface area contributed by atoms with Gasteiger partial charge < -0.3 is 9.72 Å². The number of H-pyrrole nitrogens is 1. The van der Waals surface area contributed by atoms with E-state index in [1.54, 1.807) is 13.3 Å². The quantitative estimate of drug-likeness (QED) is 0.910. The number of rotatable bonds is 4. The second-order valence-corrected chi connectivity index (χ2v) is 4.48. The van der Waals surface area contributed by atoms with E-state index in [0.29, 0.717) is 5.82 Å². The lowest BCUT2D eigenvalue weighted by Gasteiger charge is -2.07. The molecule has 2 aromatic rings. The average Bonchev–Trinajstić information content (AvgIpc) is 2.89. The maximum absolute atomic E-state index is 9.07. The summed E-state index contributed by atoms with van der Waals surface area (Å²) in [5.74, 6) is 1.32. The summed E-state index contributed by atoms with van der Waals surface area (Å²) in [6.45, 7) is 4.01. The Bertz CT molecular complexity index is 610. The fraction of sp³-hybridized carbons (Fsp3) is 0.333. The largest absolute Gasteiger partial charge is 0.496 e. The number of aromatic nitrogens is 2. The molecule has 0 aliphatic carbocycles. The van der Waals surface area contributed by atoms with Gasteiger partial charge in [0.2, 0.25) is 0 Å². The van der Waals surface area contributed by atoms with E-state index in [1.165, 1.54) is 0 Å². The molecule has 0 radical (unpaired) electrons. The number of benzene rings is 1. The van der Waals surface area contributed by atoms with Crippen molar-refractivity contribution in [3.8, 4) is 23.1 Å². The molecular weight excluding hydrogens is 238 g/mol. The number of hydrogen-bond donors (Lipinski definition) is 1. The highest BCUT2D eigenvalue weighted by atomic mass is 16.5. The van der Waals surface area contributed by atoms with Crippen molar-refractivity contribution in [2.75, 3.05) is 7.11 Å². The molecule has 98 valence electrons. The van der Waals surface area contributed by atoms with Crippen molar-refractivity contribution in [2.45, 2.75) is 26.2 Å². The Labute approximate surface area is 113 Å². The molecule has 1 N–H and O–H groups in total. The first-order chi connectivity index (χ1) is 9.19. The molecule has 0 saturated carbocycles. The van der Waals surface area contributed by atoms with Crippen LogP contribution in [0.1, 0.15) is 30.7 Å². The molecule has 1 atom stereocenters. The second-order valence-electron chi connectivity index (χ2n) is 4.48. The molecule has 0 aliphatic rings. The fourth-order valence-electron chi connectivity index (χ4n) is 2.03. The lowest BCUT2D eigenvalue weighted by Crippen LogP contribution is -1.96. The normalized spacial score (nSPS) is 11.9. The fourth-order valence-corrected chi connectivity index (χ4v) is 2.03. The van der Waals surface area contributed by atoms with Crippen LogP contribution in [-0.2, 0) is 0 Å². The molecule has 1 unspecified atom stereocenters. The number of nitrogens with one attached hydrogen (secondary N) is 1. The summed E-state index contributed by atoms with van der Waals surface area (Å²) in [7, 11) is 1.65. The van der Waals surface area contributed by atoms with Gasteiger partial charge in [0.25, 0.3) is 0 Å². The first-order valence-corrected chi connectivity index (χ1v) is 6.29. The zero-order valence-electron chi connectivity index (χ0n) is 11.4. The van der Waals surface area contributed by atoms with Gasteiger partial charge in [-0.2, -0.15) is 5.26 Å². The molecule has 1 aromatic heterocycles. The van der Waals surface area contributed by atoms with Gasteiger partial charge in [0.05, 0.1) is 25.1 Å². The minimum absolute atomic E-state index is 0.190. The van der Waals surface area contributed by atoms with Crippen LogP contribution in [0, 0.1) is 18.3 Å². The van der Waals surface area contributed by atoms with Gasteiger partial charge in [0.15, 0.2) is 0 Å². The summed E-state index contributed by atoms with van der Waals surface area (Å²) in [6, 6.07) is 8.23. The van der Waals surface area contributed by atoms with E-state index in [0.717, 1.165) is 29.0 Å². The van der Waals surface area contributed by atoms with Gasteiger partial charge in [-0.3, -0.25) is 0 Å². The van der Waals surface area contributed by atoms with Gasteiger partial charge in [-0.25, -0.2) is 4.98 Å². The first kappa shape index (κ1) is 13.2. The third kappa shape index (κ3) is 2.60. The molecule has 4 nitrogen and oxygen atoms in total. The molecule has 4 heteroatoms. The van der Waals surface area contributed by atoms with E-state index >= 15 is 0 Å². The summed E-state index contributed by atoms with van der Waals surface area (Å²) in [6.07, 6.45) is 2.50. The van der Waals surface area contributed by atoms with E-state index in [1.807, 2.05) is 32.0 Å². The van der Waals surface area contributed by atoms with Crippen molar-refractivity contribution in [3.05, 3.63) is 35.8 Å². The number of methoxy groups -OCH3 is 1. The summed E-state index contributed by atoms with van der Waals surface area (Å²) in [5.41, 5.74) is 3.00. The van der Waals surface area contributed by atoms with Crippen LogP contribution in [0.4, 0.5) is 0 Å². The van der Waals surface area contributed by atoms with E-state index in [4.69, 9.17) is 10.00 Å². The number of aromatic amines is 1. The van der Waals surface area contributed by atoms with Gasteiger partial charge in [0.1, 0.15) is 17.5 Å². The molecule has 0 fully saturated rings. The Morgan fingerprint density at radius 2 is 2.26 bits per heavy atom.